The van der Waals surface area contributed by atoms with Gasteiger partial charge in [0.25, 0.3) is 0 Å². The second-order valence-corrected chi connectivity index (χ2v) is 1.20. The van der Waals surface area contributed by atoms with Crippen molar-refractivity contribution in [2.24, 2.45) is 0 Å². The van der Waals surface area contributed by atoms with Crippen LogP contribution in [-0.4, -0.2) is 26.7 Å². The van der Waals surface area contributed by atoms with Crippen molar-refractivity contribution >= 4 is 21.6 Å². The summed E-state index contributed by atoms with van der Waals surface area (Å²) >= 11 is 1.08. The minimum absolute atomic E-state index is 0. The maximum Gasteiger partial charge on any atom is 0 e. The van der Waals surface area contributed by atoms with E-state index in [9.17, 15) is 0 Å². The van der Waals surface area contributed by atoms with E-state index >= 15 is 0 Å². The number of carbonyl (C=O) groups is 1. The first-order valence-corrected chi connectivity index (χ1v) is 1.73. The average Bonchev–Trinajstić information content (AvgIpc) is 0.811. The molecule has 5 heavy (non-hydrogen) atoms. The summed E-state index contributed by atoms with van der Waals surface area (Å²) < 4.78 is -0.833. The first-order chi connectivity index (χ1) is 1.73. The molecule has 0 aliphatic rings. The third-order valence-corrected chi connectivity index (χ3v) is 0. The summed E-state index contributed by atoms with van der Waals surface area (Å²) in [7, 11) is 0. The molecule has 0 atom stereocenters. The Morgan fingerprint density at radius 2 is 1.80 bits per heavy atom. The van der Waals surface area contributed by atoms with Gasteiger partial charge in [-0.2, -0.15) is 0 Å². The summed E-state index contributed by atoms with van der Waals surface area (Å²) in [6.45, 7) is 0. The number of hydrogen-bond donors (Lipinski definition) is 1. The van der Waals surface area contributed by atoms with Crippen LogP contribution in [0.5, 0.6) is 0 Å². The normalized spacial score (nSPS) is 5.00. The van der Waals surface area contributed by atoms with Crippen LogP contribution in [-0.2, 0) is 27.7 Å². The van der Waals surface area contributed by atoms with Crippen LogP contribution in [0.4, 0.5) is 4.79 Å². The van der Waals surface area contributed by atoms with Gasteiger partial charge in [-0.3, -0.25) is 0 Å². The van der Waals surface area contributed by atoms with E-state index in [0.29, 0.717) is 0 Å². The Hall–Kier alpha value is 0.964. The van der Waals surface area contributed by atoms with E-state index in [2.05, 4.69) is 0 Å². The fourth-order valence-corrected chi connectivity index (χ4v) is 0. The SMILES string of the molecule is O=C(O)[AsH].[Hg]. The molecular formula is CH2AsHgO2. The van der Waals surface area contributed by atoms with Crippen molar-refractivity contribution in [3.63, 3.8) is 0 Å². The standard InChI is InChI=1S/CH2AsO2.Hg/c2-1(3)4;/h2H,(H,3,4);. The largest absolute Gasteiger partial charge is 0 e. The van der Waals surface area contributed by atoms with Crippen molar-refractivity contribution in [3.8, 4) is 0 Å². The van der Waals surface area contributed by atoms with Crippen LogP contribution in [0.15, 0.2) is 0 Å². The predicted octanol–water partition coefficient (Wildman–Crippen LogP) is -0.437. The van der Waals surface area contributed by atoms with Crippen LogP contribution >= 0.6 is 0 Å². The Bertz CT molecular complexity index is 32.6. The van der Waals surface area contributed by atoms with Gasteiger partial charge in [0.15, 0.2) is 0 Å². The number of hydrogen-bond acceptors (Lipinski definition) is 1. The summed E-state index contributed by atoms with van der Waals surface area (Å²) in [5.74, 6) is 0. The summed E-state index contributed by atoms with van der Waals surface area (Å²) in [6, 6.07) is 0. The molecule has 0 aromatic rings. The van der Waals surface area contributed by atoms with Crippen LogP contribution in [0.1, 0.15) is 0 Å². The van der Waals surface area contributed by atoms with E-state index in [1.54, 1.807) is 0 Å². The Kier molecular flexibility index (Phi) is 9.28. The molecule has 1 N–H and O–H groups in total. The zero-order valence-electron chi connectivity index (χ0n) is 2.56. The van der Waals surface area contributed by atoms with Gasteiger partial charge >= 0.3 is 31.5 Å². The molecule has 0 spiro atoms. The molecule has 0 unspecified atom stereocenters. The molecular weight excluding hydrogens is 320 g/mol. The van der Waals surface area contributed by atoms with E-state index in [0.717, 1.165) is 16.9 Å². The molecule has 0 rings (SSSR count). The first-order valence-electron chi connectivity index (χ1n) is 0.678. The van der Waals surface area contributed by atoms with E-state index in [1.165, 1.54) is 0 Å². The van der Waals surface area contributed by atoms with Gasteiger partial charge < -0.3 is 0 Å². The number of carboxylic acid groups (broad SMARTS) is 1. The fraction of sp³-hybridized carbons (Fsp3) is 0. The predicted molar refractivity (Wildman–Crippen MR) is 15.2 cm³/mol. The Balaban J connectivity index is 0. The van der Waals surface area contributed by atoms with Crippen LogP contribution in [0.25, 0.3) is 0 Å². The van der Waals surface area contributed by atoms with Gasteiger partial charge in [-0.15, -0.1) is 0 Å². The smallest absolute Gasteiger partial charge is 0 e. The Morgan fingerprint density at radius 3 is 1.80 bits per heavy atom. The fourth-order valence-electron chi connectivity index (χ4n) is 0. The zero-order valence-corrected chi connectivity index (χ0v) is 10.2. The molecule has 0 fully saturated rings. The van der Waals surface area contributed by atoms with Crippen molar-refractivity contribution in [1.82, 2.24) is 0 Å². The molecule has 25 valence electrons. The van der Waals surface area contributed by atoms with Crippen molar-refractivity contribution in [1.29, 1.82) is 0 Å². The van der Waals surface area contributed by atoms with Gasteiger partial charge in [-0.1, -0.05) is 0 Å². The molecule has 0 aliphatic carbocycles. The maximum atomic E-state index is 9.00. The first kappa shape index (κ1) is 9.35. The molecule has 0 aromatic heterocycles. The molecule has 0 aliphatic heterocycles. The molecule has 4 heteroatoms. The van der Waals surface area contributed by atoms with Crippen LogP contribution in [0, 0.1) is 0 Å². The second-order valence-electron chi connectivity index (χ2n) is 0.305. The minimum Gasteiger partial charge on any atom is 0 e. The Labute approximate surface area is 58.9 Å². The molecule has 0 saturated heterocycles. The van der Waals surface area contributed by atoms with Crippen molar-refractivity contribution in [3.05, 3.63) is 0 Å². The summed E-state index contributed by atoms with van der Waals surface area (Å²) in [6.07, 6.45) is 0. The average molecular weight is 322 g/mol. The van der Waals surface area contributed by atoms with Gasteiger partial charge in [0.1, 0.15) is 0 Å². The summed E-state index contributed by atoms with van der Waals surface area (Å²) in [5, 5.41) is 7.42. The summed E-state index contributed by atoms with van der Waals surface area (Å²) in [4.78, 5) is 9.00. The van der Waals surface area contributed by atoms with Crippen molar-refractivity contribution in [2.75, 3.05) is 0 Å². The number of rotatable bonds is 0. The zero-order chi connectivity index (χ0) is 3.58. The van der Waals surface area contributed by atoms with Gasteiger partial charge in [0.2, 0.25) is 0 Å². The molecule has 0 heterocycles. The molecule has 0 saturated carbocycles. The van der Waals surface area contributed by atoms with E-state index in [1.807, 2.05) is 0 Å². The minimum atomic E-state index is -0.833. The van der Waals surface area contributed by atoms with E-state index in [-0.39, 0.29) is 27.7 Å². The van der Waals surface area contributed by atoms with Crippen molar-refractivity contribution < 1.29 is 37.6 Å². The molecule has 0 aromatic carbocycles. The van der Waals surface area contributed by atoms with Gasteiger partial charge in [-0.05, 0) is 0 Å². The monoisotopic (exact) mass is 323 g/mol. The van der Waals surface area contributed by atoms with Crippen molar-refractivity contribution in [2.45, 2.75) is 0 Å². The molecule has 0 bridgehead atoms. The van der Waals surface area contributed by atoms with Crippen LogP contribution < -0.4 is 0 Å². The van der Waals surface area contributed by atoms with Crippen LogP contribution in [0.2, 0.25) is 0 Å². The summed E-state index contributed by atoms with van der Waals surface area (Å²) in [5.41, 5.74) is 0. The van der Waals surface area contributed by atoms with Gasteiger partial charge in [0, 0.05) is 27.7 Å². The Morgan fingerprint density at radius 1 is 1.80 bits per heavy atom. The second kappa shape index (κ2) is 4.96. The third kappa shape index (κ3) is 47.0. The van der Waals surface area contributed by atoms with Gasteiger partial charge in [-0.25, -0.2) is 0 Å². The molecule has 0 amide bonds. The van der Waals surface area contributed by atoms with Gasteiger partial charge in [0.05, 0.1) is 0 Å². The third-order valence-electron chi connectivity index (χ3n) is 0. The molecule has 2 nitrogen and oxygen atoms in total. The van der Waals surface area contributed by atoms with Crippen LogP contribution in [0.3, 0.4) is 0 Å². The van der Waals surface area contributed by atoms with E-state index in [4.69, 9.17) is 9.90 Å². The molecule has 1 radical (unpaired) electrons. The maximum absolute atomic E-state index is 9.00. The quantitative estimate of drug-likeness (QED) is 0.615. The van der Waals surface area contributed by atoms with E-state index < -0.39 is 4.76 Å². The topological polar surface area (TPSA) is 37.3 Å².